The topological polar surface area (TPSA) is 50.8 Å². The molecule has 0 bridgehead atoms. The van der Waals surface area contributed by atoms with Crippen molar-refractivity contribution in [2.75, 3.05) is 19.7 Å². The van der Waals surface area contributed by atoms with Crippen LogP contribution in [0.3, 0.4) is 0 Å². The second-order valence-electron chi connectivity index (χ2n) is 9.06. The predicted molar refractivity (Wildman–Crippen MR) is 126 cm³/mol. The number of hydrogen-bond acceptors (Lipinski definition) is 4. The molecule has 0 amide bonds. The summed E-state index contributed by atoms with van der Waals surface area (Å²) in [6.45, 7) is 4.07. The summed E-state index contributed by atoms with van der Waals surface area (Å²) >= 11 is 0. The summed E-state index contributed by atoms with van der Waals surface area (Å²) in [4.78, 5) is 2.42. The molecule has 0 saturated heterocycles. The third kappa shape index (κ3) is 7.09. The van der Waals surface area contributed by atoms with Gasteiger partial charge in [0, 0.05) is 38.1 Å². The molecule has 1 saturated carbocycles. The number of rotatable bonds is 12. The third-order valence-corrected chi connectivity index (χ3v) is 6.35. The van der Waals surface area contributed by atoms with Crippen molar-refractivity contribution < 1.29 is 14.3 Å². The van der Waals surface area contributed by atoms with Crippen LogP contribution < -0.4 is 0 Å². The molecule has 1 aliphatic carbocycles. The van der Waals surface area contributed by atoms with Gasteiger partial charge in [-0.15, -0.1) is 0 Å². The van der Waals surface area contributed by atoms with E-state index in [4.69, 9.17) is 9.15 Å². The monoisotopic (exact) mass is 436 g/mol. The second-order valence-corrected chi connectivity index (χ2v) is 9.06. The van der Waals surface area contributed by atoms with E-state index in [0.717, 1.165) is 31.3 Å². The first-order valence-electron chi connectivity index (χ1n) is 11.9. The fraction of sp³-hybridized carbons (Fsp3) is 0.481. The minimum absolute atomic E-state index is 0.312. The molecule has 5 nitrogen and oxygen atoms in total. The molecule has 1 fully saturated rings. The van der Waals surface area contributed by atoms with Crippen molar-refractivity contribution in [3.05, 3.63) is 84.1 Å². The van der Waals surface area contributed by atoms with E-state index >= 15 is 0 Å². The van der Waals surface area contributed by atoms with Gasteiger partial charge in [-0.1, -0.05) is 49.6 Å². The molecule has 1 unspecified atom stereocenters. The van der Waals surface area contributed by atoms with E-state index in [1.165, 1.54) is 43.4 Å². The molecule has 3 aromatic rings. The zero-order chi connectivity index (χ0) is 22.0. The van der Waals surface area contributed by atoms with E-state index in [1.807, 2.05) is 12.1 Å². The first kappa shape index (κ1) is 22.8. The minimum Gasteiger partial charge on any atom is -0.467 e. The van der Waals surface area contributed by atoms with Crippen molar-refractivity contribution >= 4 is 0 Å². The van der Waals surface area contributed by atoms with Gasteiger partial charge in [-0.3, -0.25) is 4.90 Å². The van der Waals surface area contributed by atoms with Crippen molar-refractivity contribution in [3.63, 3.8) is 0 Å². The predicted octanol–water partition coefficient (Wildman–Crippen LogP) is 5.09. The molecular weight excluding hydrogens is 400 g/mol. The van der Waals surface area contributed by atoms with E-state index in [9.17, 15) is 5.11 Å². The normalized spacial score (nSPS) is 15.9. The largest absolute Gasteiger partial charge is 0.467 e. The highest BCUT2D eigenvalue weighted by Crippen LogP contribution is 2.25. The highest BCUT2D eigenvalue weighted by molar-refractivity contribution is 5.17. The van der Waals surface area contributed by atoms with Crippen LogP contribution in [0.1, 0.15) is 49.1 Å². The molecule has 5 heteroatoms. The summed E-state index contributed by atoms with van der Waals surface area (Å²) in [6.07, 6.45) is 9.90. The van der Waals surface area contributed by atoms with Crippen molar-refractivity contribution in [1.82, 2.24) is 9.47 Å². The van der Waals surface area contributed by atoms with Crippen LogP contribution in [0.25, 0.3) is 0 Å². The van der Waals surface area contributed by atoms with E-state index in [1.54, 1.807) is 6.26 Å². The van der Waals surface area contributed by atoms with Gasteiger partial charge in [0.15, 0.2) is 0 Å². The van der Waals surface area contributed by atoms with E-state index in [0.29, 0.717) is 19.8 Å². The van der Waals surface area contributed by atoms with Crippen molar-refractivity contribution in [3.8, 4) is 0 Å². The van der Waals surface area contributed by atoms with E-state index < -0.39 is 6.10 Å². The van der Waals surface area contributed by atoms with E-state index in [-0.39, 0.29) is 0 Å². The number of aliphatic hydroxyl groups excluding tert-OH is 1. The first-order chi connectivity index (χ1) is 15.8. The van der Waals surface area contributed by atoms with E-state index in [2.05, 4.69) is 58.1 Å². The second kappa shape index (κ2) is 12.0. The molecule has 1 N–H and O–H groups in total. The summed E-state index contributed by atoms with van der Waals surface area (Å²) < 4.78 is 13.3. The van der Waals surface area contributed by atoms with Crippen LogP contribution >= 0.6 is 0 Å². The number of aromatic nitrogens is 1. The zero-order valence-electron chi connectivity index (χ0n) is 18.9. The quantitative estimate of drug-likeness (QED) is 0.430. The van der Waals surface area contributed by atoms with Crippen molar-refractivity contribution in [1.29, 1.82) is 0 Å². The summed E-state index contributed by atoms with van der Waals surface area (Å²) in [5.41, 5.74) is 2.59. The Morgan fingerprint density at radius 3 is 2.66 bits per heavy atom. The molecule has 1 atom stereocenters. The van der Waals surface area contributed by atoms with Gasteiger partial charge >= 0.3 is 0 Å². The van der Waals surface area contributed by atoms with Gasteiger partial charge in [0.05, 0.1) is 19.0 Å². The van der Waals surface area contributed by atoms with Gasteiger partial charge in [-0.05, 0) is 48.6 Å². The Morgan fingerprint density at radius 1 is 1.03 bits per heavy atom. The number of ether oxygens (including phenoxy) is 1. The third-order valence-electron chi connectivity index (χ3n) is 6.35. The maximum Gasteiger partial charge on any atom is 0.129 e. The fourth-order valence-corrected chi connectivity index (χ4v) is 4.74. The van der Waals surface area contributed by atoms with Crippen LogP contribution in [0.15, 0.2) is 71.5 Å². The summed E-state index contributed by atoms with van der Waals surface area (Å²) in [5, 5.41) is 10.7. The van der Waals surface area contributed by atoms with Gasteiger partial charge in [-0.2, -0.15) is 0 Å². The fourth-order valence-electron chi connectivity index (χ4n) is 4.74. The first-order valence-corrected chi connectivity index (χ1v) is 11.9. The Balaban J connectivity index is 1.36. The smallest absolute Gasteiger partial charge is 0.129 e. The highest BCUT2D eigenvalue weighted by Gasteiger charge is 2.21. The molecule has 0 aliphatic heterocycles. The molecule has 4 rings (SSSR count). The number of furan rings is 1. The lowest BCUT2D eigenvalue weighted by atomic mass is 9.89. The Bertz CT molecular complexity index is 885. The van der Waals surface area contributed by atoms with Crippen molar-refractivity contribution in [2.24, 2.45) is 5.92 Å². The van der Waals surface area contributed by atoms with Crippen LogP contribution in [0.4, 0.5) is 0 Å². The van der Waals surface area contributed by atoms with Gasteiger partial charge in [0.2, 0.25) is 0 Å². The standard InChI is InChI=1S/C27H36N2O3/c30-26(21-31-22-27-14-8-16-32-27)20-28(17-23-9-3-1-4-10-23)19-25-13-7-15-29(25)18-24-11-5-2-6-12-24/h2,5-8,11-16,23,26,30H,1,3-4,9-10,17-22H2. The minimum atomic E-state index is -0.522. The molecule has 0 spiro atoms. The molecular formula is C27H36N2O3. The lowest BCUT2D eigenvalue weighted by molar-refractivity contribution is 0.000333. The maximum absolute atomic E-state index is 10.7. The van der Waals surface area contributed by atoms with Gasteiger partial charge in [0.25, 0.3) is 0 Å². The van der Waals surface area contributed by atoms with Gasteiger partial charge in [-0.25, -0.2) is 0 Å². The lowest BCUT2D eigenvalue weighted by Crippen LogP contribution is -2.38. The number of aliphatic hydroxyl groups is 1. The van der Waals surface area contributed by atoms with Crippen LogP contribution in [-0.2, 0) is 24.4 Å². The molecule has 172 valence electrons. The average Bonchev–Trinajstić information content (AvgIpc) is 3.48. The van der Waals surface area contributed by atoms with Crippen LogP contribution in [0.2, 0.25) is 0 Å². The van der Waals surface area contributed by atoms with Gasteiger partial charge < -0.3 is 18.8 Å². The lowest BCUT2D eigenvalue weighted by Gasteiger charge is -2.31. The highest BCUT2D eigenvalue weighted by atomic mass is 16.5. The summed E-state index contributed by atoms with van der Waals surface area (Å²) in [6, 6.07) is 18.7. The molecule has 32 heavy (non-hydrogen) atoms. The van der Waals surface area contributed by atoms with Gasteiger partial charge in [0.1, 0.15) is 12.4 Å². The molecule has 1 aromatic carbocycles. The Labute approximate surface area is 191 Å². The van der Waals surface area contributed by atoms with Crippen LogP contribution in [0, 0.1) is 5.92 Å². The Hall–Kier alpha value is -2.34. The maximum atomic E-state index is 10.7. The average molecular weight is 437 g/mol. The molecule has 0 radical (unpaired) electrons. The summed E-state index contributed by atoms with van der Waals surface area (Å²) in [5.74, 6) is 1.51. The Morgan fingerprint density at radius 2 is 1.88 bits per heavy atom. The van der Waals surface area contributed by atoms with Crippen LogP contribution in [0.5, 0.6) is 0 Å². The SMILES string of the molecule is OC(COCc1ccco1)CN(Cc1cccn1Cc1ccccc1)CC1CCCCC1. The number of benzene rings is 1. The summed E-state index contributed by atoms with van der Waals surface area (Å²) in [7, 11) is 0. The molecule has 1 aliphatic rings. The molecule has 2 heterocycles. The zero-order valence-corrected chi connectivity index (χ0v) is 18.9. The van der Waals surface area contributed by atoms with Crippen molar-refractivity contribution in [2.45, 2.75) is 57.9 Å². The Kier molecular flexibility index (Phi) is 8.60. The number of nitrogens with zero attached hydrogens (tertiary/aromatic N) is 2. The van der Waals surface area contributed by atoms with Crippen LogP contribution in [-0.4, -0.2) is 40.4 Å². The molecule has 2 aromatic heterocycles. The number of hydrogen-bond donors (Lipinski definition) is 1.